The first kappa shape index (κ1) is 19.6. The molecule has 7 heteroatoms. The SMILES string of the molecule is COC(=O)c1ccc(OCCN(C)C(C)c2ccc(-n3cncn3)cc2)cc1. The third-order valence-electron chi connectivity index (χ3n) is 4.71. The molecule has 0 bridgehead atoms. The molecule has 0 radical (unpaired) electrons. The van der Waals surface area contributed by atoms with Gasteiger partial charge >= 0.3 is 5.97 Å². The number of esters is 1. The minimum atomic E-state index is -0.352. The van der Waals surface area contributed by atoms with Gasteiger partial charge in [-0.2, -0.15) is 5.10 Å². The summed E-state index contributed by atoms with van der Waals surface area (Å²) in [6.45, 7) is 3.48. The highest BCUT2D eigenvalue weighted by molar-refractivity contribution is 5.89. The quantitative estimate of drug-likeness (QED) is 0.559. The number of methoxy groups -OCH3 is 1. The topological polar surface area (TPSA) is 69.5 Å². The molecule has 7 nitrogen and oxygen atoms in total. The molecule has 3 aromatic rings. The summed E-state index contributed by atoms with van der Waals surface area (Å²) in [6, 6.07) is 15.5. The Morgan fingerprint density at radius 3 is 2.46 bits per heavy atom. The fourth-order valence-electron chi connectivity index (χ4n) is 2.81. The van der Waals surface area contributed by atoms with Crippen molar-refractivity contribution >= 4 is 5.97 Å². The Labute approximate surface area is 164 Å². The molecule has 0 fully saturated rings. The van der Waals surface area contributed by atoms with Crippen LogP contribution in [0.3, 0.4) is 0 Å². The van der Waals surface area contributed by atoms with E-state index < -0.39 is 0 Å². The van der Waals surface area contributed by atoms with Crippen molar-refractivity contribution in [2.45, 2.75) is 13.0 Å². The number of hydrogen-bond donors (Lipinski definition) is 0. The third kappa shape index (κ3) is 4.75. The van der Waals surface area contributed by atoms with Gasteiger partial charge in [-0.1, -0.05) is 12.1 Å². The zero-order valence-corrected chi connectivity index (χ0v) is 16.3. The molecular formula is C21H24N4O3. The van der Waals surface area contributed by atoms with Crippen LogP contribution in [0.25, 0.3) is 5.69 Å². The van der Waals surface area contributed by atoms with E-state index in [9.17, 15) is 4.79 Å². The van der Waals surface area contributed by atoms with E-state index in [2.05, 4.69) is 41.1 Å². The number of likely N-dealkylation sites (N-methyl/N-ethyl adjacent to an activating group) is 1. The van der Waals surface area contributed by atoms with Crippen LogP contribution in [0, 0.1) is 0 Å². The van der Waals surface area contributed by atoms with E-state index >= 15 is 0 Å². The zero-order valence-electron chi connectivity index (χ0n) is 16.3. The van der Waals surface area contributed by atoms with E-state index in [0.717, 1.165) is 18.0 Å². The van der Waals surface area contributed by atoms with Gasteiger partial charge in [0.25, 0.3) is 0 Å². The average Bonchev–Trinajstić information content (AvgIpc) is 3.28. The minimum absolute atomic E-state index is 0.245. The smallest absolute Gasteiger partial charge is 0.337 e. The Hall–Kier alpha value is -3.19. The molecule has 1 aromatic heterocycles. The van der Waals surface area contributed by atoms with Gasteiger partial charge in [-0.05, 0) is 55.9 Å². The van der Waals surface area contributed by atoms with Gasteiger partial charge in [0, 0.05) is 12.6 Å². The molecule has 0 amide bonds. The maximum absolute atomic E-state index is 11.4. The van der Waals surface area contributed by atoms with Crippen molar-refractivity contribution in [3.8, 4) is 11.4 Å². The molecule has 0 N–H and O–H groups in total. The highest BCUT2D eigenvalue weighted by Gasteiger charge is 2.12. The normalized spacial score (nSPS) is 12.0. The standard InChI is InChI=1S/C21H24N4O3/c1-16(17-4-8-19(9-5-17)25-15-22-14-23-25)24(2)12-13-28-20-10-6-18(7-11-20)21(26)27-3/h4-11,14-16H,12-13H2,1-3H3. The van der Waals surface area contributed by atoms with Crippen LogP contribution in [0.15, 0.2) is 61.2 Å². The van der Waals surface area contributed by atoms with Gasteiger partial charge in [0.05, 0.1) is 18.4 Å². The van der Waals surface area contributed by atoms with E-state index in [1.165, 1.54) is 19.0 Å². The van der Waals surface area contributed by atoms with E-state index in [1.807, 2.05) is 12.1 Å². The zero-order chi connectivity index (χ0) is 19.9. The summed E-state index contributed by atoms with van der Waals surface area (Å²) >= 11 is 0. The van der Waals surface area contributed by atoms with E-state index in [4.69, 9.17) is 9.47 Å². The fraction of sp³-hybridized carbons (Fsp3) is 0.286. The monoisotopic (exact) mass is 380 g/mol. The maximum atomic E-state index is 11.4. The van der Waals surface area contributed by atoms with Crippen molar-refractivity contribution in [1.29, 1.82) is 0 Å². The van der Waals surface area contributed by atoms with Gasteiger partial charge in [0.1, 0.15) is 25.0 Å². The maximum Gasteiger partial charge on any atom is 0.337 e. The molecule has 3 rings (SSSR count). The molecule has 1 atom stereocenters. The van der Waals surface area contributed by atoms with Gasteiger partial charge in [0.15, 0.2) is 0 Å². The number of hydrogen-bond acceptors (Lipinski definition) is 6. The third-order valence-corrected chi connectivity index (χ3v) is 4.71. The minimum Gasteiger partial charge on any atom is -0.492 e. The summed E-state index contributed by atoms with van der Waals surface area (Å²) in [5.41, 5.74) is 2.71. The van der Waals surface area contributed by atoms with Gasteiger partial charge in [0.2, 0.25) is 0 Å². The second kappa shape index (κ2) is 9.14. The van der Waals surface area contributed by atoms with E-state index in [0.29, 0.717) is 12.2 Å². The number of nitrogens with zero attached hydrogens (tertiary/aromatic N) is 4. The number of ether oxygens (including phenoxy) is 2. The lowest BCUT2D eigenvalue weighted by Crippen LogP contribution is -2.27. The molecule has 0 aliphatic carbocycles. The van der Waals surface area contributed by atoms with E-state index in [-0.39, 0.29) is 12.0 Å². The van der Waals surface area contributed by atoms with Crippen LogP contribution in [-0.4, -0.2) is 52.9 Å². The van der Waals surface area contributed by atoms with Crippen LogP contribution < -0.4 is 4.74 Å². The number of carbonyl (C=O) groups is 1. The molecule has 1 unspecified atom stereocenters. The van der Waals surface area contributed by atoms with Crippen LogP contribution in [0.1, 0.15) is 28.9 Å². The molecule has 0 aliphatic heterocycles. The molecule has 146 valence electrons. The lowest BCUT2D eigenvalue weighted by molar-refractivity contribution is 0.0600. The Balaban J connectivity index is 1.50. The largest absolute Gasteiger partial charge is 0.492 e. The summed E-state index contributed by atoms with van der Waals surface area (Å²) in [7, 11) is 3.44. The molecule has 2 aromatic carbocycles. The second-order valence-corrected chi connectivity index (χ2v) is 6.45. The van der Waals surface area contributed by atoms with Gasteiger partial charge < -0.3 is 9.47 Å². The number of benzene rings is 2. The van der Waals surface area contributed by atoms with Crippen molar-refractivity contribution in [3.05, 3.63) is 72.3 Å². The molecule has 0 spiro atoms. The van der Waals surface area contributed by atoms with E-state index in [1.54, 1.807) is 35.3 Å². The molecule has 0 saturated heterocycles. The summed E-state index contributed by atoms with van der Waals surface area (Å²) in [6.07, 6.45) is 3.20. The van der Waals surface area contributed by atoms with Crippen molar-refractivity contribution < 1.29 is 14.3 Å². The Morgan fingerprint density at radius 1 is 1.14 bits per heavy atom. The lowest BCUT2D eigenvalue weighted by Gasteiger charge is -2.25. The van der Waals surface area contributed by atoms with Gasteiger partial charge in [-0.25, -0.2) is 14.5 Å². The van der Waals surface area contributed by atoms with Crippen LogP contribution in [-0.2, 0) is 4.74 Å². The highest BCUT2D eigenvalue weighted by Crippen LogP contribution is 2.20. The first-order chi connectivity index (χ1) is 13.6. The van der Waals surface area contributed by atoms with Crippen LogP contribution in [0.2, 0.25) is 0 Å². The Kier molecular flexibility index (Phi) is 6.39. The van der Waals surface area contributed by atoms with Crippen LogP contribution >= 0.6 is 0 Å². The molecular weight excluding hydrogens is 356 g/mol. The van der Waals surface area contributed by atoms with Crippen LogP contribution in [0.5, 0.6) is 5.75 Å². The summed E-state index contributed by atoms with van der Waals surface area (Å²) in [5.74, 6) is 0.376. The first-order valence-corrected chi connectivity index (χ1v) is 9.05. The van der Waals surface area contributed by atoms with Crippen molar-refractivity contribution in [1.82, 2.24) is 19.7 Å². The van der Waals surface area contributed by atoms with Crippen molar-refractivity contribution in [2.75, 3.05) is 27.3 Å². The fourth-order valence-corrected chi connectivity index (χ4v) is 2.81. The molecule has 1 heterocycles. The number of carbonyl (C=O) groups excluding carboxylic acids is 1. The lowest BCUT2D eigenvalue weighted by atomic mass is 10.1. The summed E-state index contributed by atoms with van der Waals surface area (Å²) in [5, 5.41) is 4.14. The summed E-state index contributed by atoms with van der Waals surface area (Å²) < 4.78 is 12.2. The van der Waals surface area contributed by atoms with Gasteiger partial charge in [-0.15, -0.1) is 0 Å². The molecule has 0 saturated carbocycles. The Bertz CT molecular complexity index is 877. The molecule has 28 heavy (non-hydrogen) atoms. The predicted octanol–water partition coefficient (Wildman–Crippen LogP) is 3.13. The van der Waals surface area contributed by atoms with Crippen LogP contribution in [0.4, 0.5) is 0 Å². The second-order valence-electron chi connectivity index (χ2n) is 6.45. The molecule has 0 aliphatic rings. The van der Waals surface area contributed by atoms with Crippen molar-refractivity contribution in [3.63, 3.8) is 0 Å². The Morgan fingerprint density at radius 2 is 1.86 bits per heavy atom. The number of aromatic nitrogens is 3. The first-order valence-electron chi connectivity index (χ1n) is 9.05. The highest BCUT2D eigenvalue weighted by atomic mass is 16.5. The van der Waals surface area contributed by atoms with Gasteiger partial charge in [-0.3, -0.25) is 4.90 Å². The van der Waals surface area contributed by atoms with Crippen molar-refractivity contribution in [2.24, 2.45) is 0 Å². The summed E-state index contributed by atoms with van der Waals surface area (Å²) in [4.78, 5) is 17.6. The predicted molar refractivity (Wildman–Crippen MR) is 106 cm³/mol. The number of rotatable bonds is 8. The average molecular weight is 380 g/mol.